The summed E-state index contributed by atoms with van der Waals surface area (Å²) in [6.07, 6.45) is 0. The van der Waals surface area contributed by atoms with Crippen LogP contribution in [-0.2, 0) is 5.41 Å². The van der Waals surface area contributed by atoms with Crippen LogP contribution in [0.5, 0.6) is 0 Å². The molecule has 0 amide bonds. The van der Waals surface area contributed by atoms with Crippen molar-refractivity contribution in [1.82, 2.24) is 0 Å². The van der Waals surface area contributed by atoms with Crippen LogP contribution in [0.25, 0.3) is 22.3 Å². The highest BCUT2D eigenvalue weighted by molar-refractivity contribution is 6.12. The number of ketones is 2. The highest BCUT2D eigenvalue weighted by atomic mass is 19.2. The van der Waals surface area contributed by atoms with Crippen LogP contribution in [0.2, 0.25) is 0 Å². The predicted octanol–water partition coefficient (Wildman–Crippen LogP) is 9.88. The molecule has 0 aromatic heterocycles. The molecular formula is C39H14F10O2. The van der Waals surface area contributed by atoms with E-state index in [0.29, 0.717) is 33.4 Å². The minimum Gasteiger partial charge on any atom is -0.288 e. The Hall–Kier alpha value is -6.04. The van der Waals surface area contributed by atoms with Crippen molar-refractivity contribution in [3.63, 3.8) is 0 Å². The van der Waals surface area contributed by atoms with Crippen molar-refractivity contribution in [3.8, 4) is 22.3 Å². The third kappa shape index (κ3) is 4.07. The number of carbonyl (C=O) groups excluding carboxylic acids is 2. The number of rotatable bonds is 4. The summed E-state index contributed by atoms with van der Waals surface area (Å²) in [6.45, 7) is 0. The predicted molar refractivity (Wildman–Crippen MR) is 162 cm³/mol. The van der Waals surface area contributed by atoms with Crippen LogP contribution in [0.4, 0.5) is 43.9 Å². The lowest BCUT2D eigenvalue weighted by atomic mass is 9.70. The first-order valence-electron chi connectivity index (χ1n) is 14.9. The highest BCUT2D eigenvalue weighted by Crippen LogP contribution is 2.63. The summed E-state index contributed by atoms with van der Waals surface area (Å²) in [5.41, 5.74) is -2.03. The molecule has 2 aliphatic rings. The third-order valence-corrected chi connectivity index (χ3v) is 9.49. The summed E-state index contributed by atoms with van der Waals surface area (Å²) in [7, 11) is 0. The summed E-state index contributed by atoms with van der Waals surface area (Å²) in [4.78, 5) is 27.1. The van der Waals surface area contributed by atoms with E-state index in [2.05, 4.69) is 0 Å². The number of benzene rings is 6. The first-order chi connectivity index (χ1) is 24.3. The van der Waals surface area contributed by atoms with Crippen LogP contribution >= 0.6 is 0 Å². The van der Waals surface area contributed by atoms with Crippen LogP contribution in [0.1, 0.15) is 54.1 Å². The average molecular weight is 705 g/mol. The SMILES string of the molecule is O=C(c1ccc2c(c1)C1(c3ccccc3-2)c2ccccc2-c2ccc(C(=O)c3c(F)c(F)c(F)c(F)c3F)cc21)c1c(F)c(F)c(F)c(F)c1F. The Morgan fingerprint density at radius 2 is 0.647 bits per heavy atom. The normalized spacial score (nSPS) is 13.2. The second-order valence-electron chi connectivity index (χ2n) is 11.9. The monoisotopic (exact) mass is 704 g/mol. The summed E-state index contributed by atoms with van der Waals surface area (Å²) in [6, 6.07) is 21.2. The minimum atomic E-state index is -2.44. The standard InChI is InChI=1S/C39H14F10O2/c40-27-25(28(41)32(45)35(48)31(27)44)37(50)15-9-11-19-17-5-1-3-7-21(17)39(23(19)13-15)22-8-4-2-6-18(22)20-12-10-16(14-24(20)39)38(51)26-29(42)33(46)36(49)34(47)30(26)43/h1-14H. The first-order valence-corrected chi connectivity index (χ1v) is 14.9. The zero-order valence-corrected chi connectivity index (χ0v) is 25.2. The maximum Gasteiger partial charge on any atom is 0.200 e. The minimum absolute atomic E-state index is 0.269. The maximum absolute atomic E-state index is 14.8. The van der Waals surface area contributed by atoms with Gasteiger partial charge in [-0.05, 0) is 56.6 Å². The molecule has 2 aliphatic carbocycles. The van der Waals surface area contributed by atoms with Gasteiger partial charge < -0.3 is 0 Å². The molecule has 51 heavy (non-hydrogen) atoms. The van der Waals surface area contributed by atoms with Gasteiger partial charge in [0.25, 0.3) is 0 Å². The van der Waals surface area contributed by atoms with Gasteiger partial charge in [0.1, 0.15) is 11.1 Å². The van der Waals surface area contributed by atoms with Gasteiger partial charge >= 0.3 is 0 Å². The fraction of sp³-hybridized carbons (Fsp3) is 0.0256. The van der Waals surface area contributed by atoms with Gasteiger partial charge in [-0.1, -0.05) is 72.8 Å². The van der Waals surface area contributed by atoms with E-state index in [1.54, 1.807) is 48.5 Å². The molecule has 2 nitrogen and oxygen atoms in total. The molecule has 8 rings (SSSR count). The van der Waals surface area contributed by atoms with E-state index < -0.39 is 97.4 Å². The van der Waals surface area contributed by atoms with Gasteiger partial charge in [0.05, 0.1) is 5.41 Å². The van der Waals surface area contributed by atoms with Gasteiger partial charge in [0.2, 0.25) is 11.6 Å². The maximum atomic E-state index is 14.8. The van der Waals surface area contributed by atoms with Crippen molar-refractivity contribution in [2.45, 2.75) is 5.41 Å². The van der Waals surface area contributed by atoms with E-state index >= 15 is 0 Å². The van der Waals surface area contributed by atoms with Crippen molar-refractivity contribution >= 4 is 11.6 Å². The number of fused-ring (bicyclic) bond motifs is 10. The molecule has 252 valence electrons. The molecule has 0 N–H and O–H groups in total. The Balaban J connectivity index is 1.40. The molecule has 12 heteroatoms. The Morgan fingerprint density at radius 3 is 1.00 bits per heavy atom. The lowest BCUT2D eigenvalue weighted by molar-refractivity contribution is 0.102. The average Bonchev–Trinajstić information content (AvgIpc) is 3.61. The fourth-order valence-corrected chi connectivity index (χ4v) is 7.32. The molecule has 0 saturated carbocycles. The molecule has 0 saturated heterocycles. The second-order valence-corrected chi connectivity index (χ2v) is 11.9. The molecule has 0 radical (unpaired) electrons. The zero-order valence-electron chi connectivity index (χ0n) is 25.2. The highest BCUT2D eigenvalue weighted by Gasteiger charge is 2.52. The Morgan fingerprint density at radius 1 is 0.353 bits per heavy atom. The number of hydrogen-bond donors (Lipinski definition) is 0. The topological polar surface area (TPSA) is 34.1 Å². The zero-order chi connectivity index (χ0) is 36.3. The van der Waals surface area contributed by atoms with E-state index in [1.165, 1.54) is 24.3 Å². The van der Waals surface area contributed by atoms with Crippen molar-refractivity contribution in [1.29, 1.82) is 0 Å². The Bertz CT molecular complexity index is 2360. The van der Waals surface area contributed by atoms with Gasteiger partial charge in [0, 0.05) is 11.1 Å². The quantitative estimate of drug-likeness (QED) is 0.0792. The van der Waals surface area contributed by atoms with E-state index in [-0.39, 0.29) is 11.1 Å². The third-order valence-electron chi connectivity index (χ3n) is 9.49. The molecule has 0 unspecified atom stereocenters. The van der Waals surface area contributed by atoms with Gasteiger partial charge in [-0.2, -0.15) is 0 Å². The second kappa shape index (κ2) is 11.0. The summed E-state index contributed by atoms with van der Waals surface area (Å²) >= 11 is 0. The Kier molecular flexibility index (Phi) is 6.93. The molecule has 0 heterocycles. The molecular weight excluding hydrogens is 690 g/mol. The van der Waals surface area contributed by atoms with Crippen LogP contribution in [0.3, 0.4) is 0 Å². The smallest absolute Gasteiger partial charge is 0.200 e. The van der Waals surface area contributed by atoms with E-state index in [4.69, 9.17) is 0 Å². The molecule has 6 aromatic rings. The van der Waals surface area contributed by atoms with Gasteiger partial charge in [0.15, 0.2) is 58.1 Å². The van der Waals surface area contributed by atoms with E-state index in [9.17, 15) is 53.5 Å². The number of halogens is 10. The van der Waals surface area contributed by atoms with Crippen molar-refractivity contribution in [2.75, 3.05) is 0 Å². The lowest BCUT2D eigenvalue weighted by Crippen LogP contribution is -2.26. The van der Waals surface area contributed by atoms with E-state index in [1.807, 2.05) is 0 Å². The lowest BCUT2D eigenvalue weighted by Gasteiger charge is -2.31. The molecule has 0 fully saturated rings. The van der Waals surface area contributed by atoms with Crippen LogP contribution in [0, 0.1) is 58.2 Å². The fourth-order valence-electron chi connectivity index (χ4n) is 7.32. The van der Waals surface area contributed by atoms with Gasteiger partial charge in [-0.3, -0.25) is 9.59 Å². The van der Waals surface area contributed by atoms with Crippen molar-refractivity contribution < 1.29 is 53.5 Å². The summed E-state index contributed by atoms with van der Waals surface area (Å²) in [5.74, 6) is -26.5. The van der Waals surface area contributed by atoms with Gasteiger partial charge in [-0.25, -0.2) is 43.9 Å². The summed E-state index contributed by atoms with van der Waals surface area (Å²) in [5, 5.41) is 0. The van der Waals surface area contributed by atoms with Crippen LogP contribution in [0.15, 0.2) is 84.9 Å². The first kappa shape index (κ1) is 32.2. The largest absolute Gasteiger partial charge is 0.288 e. The molecule has 1 spiro atoms. The molecule has 0 atom stereocenters. The van der Waals surface area contributed by atoms with Crippen molar-refractivity contribution in [2.24, 2.45) is 0 Å². The van der Waals surface area contributed by atoms with Crippen LogP contribution in [-0.4, -0.2) is 11.6 Å². The summed E-state index contributed by atoms with van der Waals surface area (Å²) < 4.78 is 143. The molecule has 0 aliphatic heterocycles. The molecule has 6 aromatic carbocycles. The number of carbonyl (C=O) groups is 2. The van der Waals surface area contributed by atoms with E-state index in [0.717, 1.165) is 12.1 Å². The number of hydrogen-bond acceptors (Lipinski definition) is 2. The van der Waals surface area contributed by atoms with Crippen LogP contribution < -0.4 is 0 Å². The Labute approximate surface area is 280 Å². The van der Waals surface area contributed by atoms with Crippen molar-refractivity contribution in [3.05, 3.63) is 188 Å². The van der Waals surface area contributed by atoms with Gasteiger partial charge in [-0.15, -0.1) is 0 Å². The molecule has 0 bridgehead atoms.